The second kappa shape index (κ2) is 4.76. The summed E-state index contributed by atoms with van der Waals surface area (Å²) in [6, 6.07) is 7.67. The first-order valence-corrected chi connectivity index (χ1v) is 5.58. The second-order valence-electron chi connectivity index (χ2n) is 4.30. The fraction of sp³-hybridized carbons (Fsp3) is 0.462. The molecule has 3 nitrogen and oxygen atoms in total. The summed E-state index contributed by atoms with van der Waals surface area (Å²) in [6.45, 7) is 4.18. The molecule has 1 fully saturated rings. The Morgan fingerprint density at radius 1 is 1.44 bits per heavy atom. The van der Waals surface area contributed by atoms with E-state index in [4.69, 9.17) is 4.74 Å². The van der Waals surface area contributed by atoms with E-state index in [9.17, 15) is 4.79 Å². The smallest absolute Gasteiger partial charge is 0.193 e. The highest BCUT2D eigenvalue weighted by Gasteiger charge is 2.26. The van der Waals surface area contributed by atoms with Crippen LogP contribution in [0.3, 0.4) is 0 Å². The number of hydrogen-bond donors (Lipinski definition) is 0. The van der Waals surface area contributed by atoms with Crippen molar-refractivity contribution in [1.82, 2.24) is 4.90 Å². The number of ketones is 1. The Morgan fingerprint density at radius 2 is 2.19 bits per heavy atom. The van der Waals surface area contributed by atoms with E-state index >= 15 is 0 Å². The van der Waals surface area contributed by atoms with E-state index in [1.165, 1.54) is 0 Å². The van der Waals surface area contributed by atoms with Gasteiger partial charge in [0.15, 0.2) is 5.78 Å². The summed E-state index contributed by atoms with van der Waals surface area (Å²) in [5.41, 5.74) is 1.80. The molecule has 16 heavy (non-hydrogen) atoms. The summed E-state index contributed by atoms with van der Waals surface area (Å²) in [5.74, 6) is 0.102. The zero-order valence-electron chi connectivity index (χ0n) is 9.77. The van der Waals surface area contributed by atoms with Crippen LogP contribution in [-0.4, -0.2) is 43.5 Å². The Kier molecular flexibility index (Phi) is 3.36. The molecular formula is C13H17NO2. The van der Waals surface area contributed by atoms with Crippen molar-refractivity contribution in [2.45, 2.75) is 13.0 Å². The molecule has 0 radical (unpaired) electrons. The van der Waals surface area contributed by atoms with Crippen molar-refractivity contribution in [2.75, 3.05) is 26.7 Å². The predicted molar refractivity (Wildman–Crippen MR) is 62.7 cm³/mol. The van der Waals surface area contributed by atoms with Crippen LogP contribution in [0.25, 0.3) is 0 Å². The van der Waals surface area contributed by atoms with Gasteiger partial charge in [-0.1, -0.05) is 24.3 Å². The molecule has 86 valence electrons. The highest BCUT2D eigenvalue weighted by Crippen LogP contribution is 2.14. The van der Waals surface area contributed by atoms with Crippen LogP contribution >= 0.6 is 0 Å². The number of carbonyl (C=O) groups excluding carboxylic acids is 1. The van der Waals surface area contributed by atoms with Gasteiger partial charge in [0.05, 0.1) is 6.61 Å². The van der Waals surface area contributed by atoms with Crippen LogP contribution in [0.2, 0.25) is 0 Å². The summed E-state index contributed by atoms with van der Waals surface area (Å²) < 4.78 is 5.53. The van der Waals surface area contributed by atoms with E-state index in [1.54, 1.807) is 0 Å². The highest BCUT2D eigenvalue weighted by molar-refractivity contribution is 6.00. The molecule has 1 saturated heterocycles. The molecular weight excluding hydrogens is 202 g/mol. The number of rotatable bonds is 2. The van der Waals surface area contributed by atoms with Crippen molar-refractivity contribution in [1.29, 1.82) is 0 Å². The summed E-state index contributed by atoms with van der Waals surface area (Å²) in [7, 11) is 2.01. The standard InChI is InChI=1S/C13H17NO2/c1-10-5-3-4-6-11(10)13(15)12-9-14(2)7-8-16-12/h3-6,12H,7-9H2,1-2H3. The molecule has 0 bridgehead atoms. The average molecular weight is 219 g/mol. The van der Waals surface area contributed by atoms with Gasteiger partial charge >= 0.3 is 0 Å². The zero-order valence-corrected chi connectivity index (χ0v) is 9.77. The van der Waals surface area contributed by atoms with Gasteiger partial charge in [-0.15, -0.1) is 0 Å². The molecule has 1 aliphatic rings. The quantitative estimate of drug-likeness (QED) is 0.706. The molecule has 0 saturated carbocycles. The van der Waals surface area contributed by atoms with E-state index in [1.807, 2.05) is 38.2 Å². The minimum atomic E-state index is -0.306. The Bertz CT molecular complexity index is 389. The summed E-state index contributed by atoms with van der Waals surface area (Å²) in [5, 5.41) is 0. The highest BCUT2D eigenvalue weighted by atomic mass is 16.5. The van der Waals surface area contributed by atoms with Crippen LogP contribution < -0.4 is 0 Å². The number of aryl methyl sites for hydroxylation is 1. The molecule has 0 spiro atoms. The third-order valence-electron chi connectivity index (χ3n) is 2.97. The molecule has 1 unspecified atom stereocenters. The number of likely N-dealkylation sites (N-methyl/N-ethyl adjacent to an activating group) is 1. The lowest BCUT2D eigenvalue weighted by molar-refractivity contribution is -0.00865. The first-order chi connectivity index (χ1) is 7.68. The van der Waals surface area contributed by atoms with E-state index in [0.717, 1.165) is 17.7 Å². The minimum Gasteiger partial charge on any atom is -0.367 e. The number of hydrogen-bond acceptors (Lipinski definition) is 3. The number of Topliss-reactive ketones (excluding diaryl/α,β-unsaturated/α-hetero) is 1. The van der Waals surface area contributed by atoms with Crippen LogP contribution in [0.5, 0.6) is 0 Å². The topological polar surface area (TPSA) is 29.5 Å². The van der Waals surface area contributed by atoms with Crippen molar-refractivity contribution in [3.8, 4) is 0 Å². The van der Waals surface area contributed by atoms with Crippen LogP contribution in [0.1, 0.15) is 15.9 Å². The number of carbonyl (C=O) groups is 1. The summed E-state index contributed by atoms with van der Waals surface area (Å²) in [6.07, 6.45) is -0.306. The number of morpholine rings is 1. The molecule has 1 aromatic rings. The maximum absolute atomic E-state index is 12.2. The molecule has 0 N–H and O–H groups in total. The lowest BCUT2D eigenvalue weighted by atomic mass is 10.0. The lowest BCUT2D eigenvalue weighted by Gasteiger charge is -2.29. The molecule has 1 heterocycles. The predicted octanol–water partition coefficient (Wildman–Crippen LogP) is 1.51. The zero-order chi connectivity index (χ0) is 11.5. The van der Waals surface area contributed by atoms with Gasteiger partial charge in [0.1, 0.15) is 6.10 Å². The lowest BCUT2D eigenvalue weighted by Crippen LogP contribution is -2.44. The molecule has 0 aliphatic carbocycles. The molecule has 1 aromatic carbocycles. The molecule has 0 aromatic heterocycles. The van der Waals surface area contributed by atoms with Crippen LogP contribution in [0.15, 0.2) is 24.3 Å². The van der Waals surface area contributed by atoms with Crippen molar-refractivity contribution in [3.63, 3.8) is 0 Å². The van der Waals surface area contributed by atoms with Crippen LogP contribution in [0.4, 0.5) is 0 Å². The fourth-order valence-electron chi connectivity index (χ4n) is 1.96. The van der Waals surface area contributed by atoms with E-state index in [2.05, 4.69) is 4.90 Å². The second-order valence-corrected chi connectivity index (χ2v) is 4.30. The molecule has 0 amide bonds. The van der Waals surface area contributed by atoms with Gasteiger partial charge in [-0.05, 0) is 19.5 Å². The monoisotopic (exact) mass is 219 g/mol. The largest absolute Gasteiger partial charge is 0.367 e. The normalized spacial score (nSPS) is 22.0. The van der Waals surface area contributed by atoms with Crippen LogP contribution in [-0.2, 0) is 4.74 Å². The first-order valence-electron chi connectivity index (χ1n) is 5.58. The Hall–Kier alpha value is -1.19. The van der Waals surface area contributed by atoms with Gasteiger partial charge in [-0.2, -0.15) is 0 Å². The van der Waals surface area contributed by atoms with Gasteiger partial charge in [0.2, 0.25) is 0 Å². The minimum absolute atomic E-state index is 0.102. The third kappa shape index (κ3) is 2.31. The van der Waals surface area contributed by atoms with Gasteiger partial charge in [-0.25, -0.2) is 0 Å². The first kappa shape index (κ1) is 11.3. The van der Waals surface area contributed by atoms with Crippen molar-refractivity contribution in [3.05, 3.63) is 35.4 Å². The van der Waals surface area contributed by atoms with Gasteiger partial charge in [0.25, 0.3) is 0 Å². The molecule has 1 aliphatic heterocycles. The maximum Gasteiger partial charge on any atom is 0.193 e. The number of benzene rings is 1. The summed E-state index contributed by atoms with van der Waals surface area (Å²) >= 11 is 0. The van der Waals surface area contributed by atoms with E-state index < -0.39 is 0 Å². The number of nitrogens with zero attached hydrogens (tertiary/aromatic N) is 1. The third-order valence-corrected chi connectivity index (χ3v) is 2.97. The number of ether oxygens (including phenoxy) is 1. The SMILES string of the molecule is Cc1ccccc1C(=O)C1CN(C)CCO1. The van der Waals surface area contributed by atoms with Crippen molar-refractivity contribution in [2.24, 2.45) is 0 Å². The van der Waals surface area contributed by atoms with E-state index in [-0.39, 0.29) is 11.9 Å². The van der Waals surface area contributed by atoms with Crippen molar-refractivity contribution >= 4 is 5.78 Å². The van der Waals surface area contributed by atoms with Gasteiger partial charge in [-0.3, -0.25) is 4.79 Å². The Labute approximate surface area is 96.0 Å². The molecule has 3 heteroatoms. The van der Waals surface area contributed by atoms with Crippen LogP contribution in [0, 0.1) is 6.92 Å². The Balaban J connectivity index is 2.16. The average Bonchev–Trinajstić information content (AvgIpc) is 2.29. The molecule has 2 rings (SSSR count). The summed E-state index contributed by atoms with van der Waals surface area (Å²) in [4.78, 5) is 14.3. The van der Waals surface area contributed by atoms with E-state index in [0.29, 0.717) is 13.2 Å². The molecule has 1 atom stereocenters. The van der Waals surface area contributed by atoms with Gasteiger partial charge < -0.3 is 9.64 Å². The fourth-order valence-corrected chi connectivity index (χ4v) is 1.96. The van der Waals surface area contributed by atoms with Gasteiger partial charge in [0, 0.05) is 18.7 Å². The maximum atomic E-state index is 12.2. The van der Waals surface area contributed by atoms with Crippen molar-refractivity contribution < 1.29 is 9.53 Å². The Morgan fingerprint density at radius 3 is 2.88 bits per heavy atom.